The van der Waals surface area contributed by atoms with Crippen LogP contribution >= 0.6 is 0 Å². The van der Waals surface area contributed by atoms with E-state index in [-0.39, 0.29) is 5.82 Å². The lowest BCUT2D eigenvalue weighted by atomic mass is 10.2. The summed E-state index contributed by atoms with van der Waals surface area (Å²) in [6.07, 6.45) is 1.62. The minimum absolute atomic E-state index is 0.0952. The number of ether oxygens (including phenoxy) is 1. The van der Waals surface area contributed by atoms with E-state index in [9.17, 15) is 4.79 Å². The van der Waals surface area contributed by atoms with Gasteiger partial charge >= 0.3 is 5.97 Å². The average molecular weight is 274 g/mol. The van der Waals surface area contributed by atoms with Gasteiger partial charge in [0.25, 0.3) is 5.82 Å². The maximum absolute atomic E-state index is 11.4. The predicted molar refractivity (Wildman–Crippen MR) is 75.6 cm³/mol. The van der Waals surface area contributed by atoms with Crippen LogP contribution in [0.2, 0.25) is 0 Å². The highest BCUT2D eigenvalue weighted by Gasteiger charge is 2.12. The molecule has 0 spiro atoms. The highest BCUT2D eigenvalue weighted by molar-refractivity contribution is 5.84. The Morgan fingerprint density at radius 3 is 2.90 bits per heavy atom. The van der Waals surface area contributed by atoms with Crippen molar-refractivity contribution in [3.05, 3.63) is 42.0 Å². The van der Waals surface area contributed by atoms with E-state index >= 15 is 0 Å². The smallest absolute Gasteiger partial charge is 0.378 e. The lowest BCUT2D eigenvalue weighted by Crippen LogP contribution is -2.07. The largest absolute Gasteiger partial charge is 0.460 e. The number of aryl methyl sites for hydroxylation is 1. The summed E-state index contributed by atoms with van der Waals surface area (Å²) in [5, 5.41) is 9.91. The van der Waals surface area contributed by atoms with E-state index in [2.05, 4.69) is 20.5 Å². The van der Waals surface area contributed by atoms with Crippen LogP contribution in [0.15, 0.2) is 30.3 Å². The summed E-state index contributed by atoms with van der Waals surface area (Å²) in [5.74, 6) is 0.304. The van der Waals surface area contributed by atoms with Gasteiger partial charge in [0.2, 0.25) is 0 Å². The Labute approximate surface area is 117 Å². The standard InChI is InChI=1S/C14H18N4O2/c1-2-20-14(19)13-16-12(17-18-13)9-6-10-15-11-7-4-3-5-8-11/h3-5,7-8,15H,2,6,9-10H2,1H3,(H,16,17,18). The summed E-state index contributed by atoms with van der Waals surface area (Å²) in [6.45, 7) is 2.91. The van der Waals surface area contributed by atoms with Crippen molar-refractivity contribution in [2.24, 2.45) is 0 Å². The molecule has 0 bridgehead atoms. The molecule has 0 amide bonds. The van der Waals surface area contributed by atoms with Crippen LogP contribution in [0.1, 0.15) is 29.8 Å². The van der Waals surface area contributed by atoms with Gasteiger partial charge in [-0.2, -0.15) is 0 Å². The number of aromatic amines is 1. The van der Waals surface area contributed by atoms with Crippen molar-refractivity contribution < 1.29 is 9.53 Å². The number of carbonyl (C=O) groups is 1. The number of H-pyrrole nitrogens is 1. The van der Waals surface area contributed by atoms with Crippen LogP contribution in [-0.4, -0.2) is 34.3 Å². The Morgan fingerprint density at radius 1 is 1.35 bits per heavy atom. The molecule has 0 atom stereocenters. The van der Waals surface area contributed by atoms with Gasteiger partial charge in [0, 0.05) is 18.7 Å². The molecular formula is C14H18N4O2. The fraction of sp³-hybridized carbons (Fsp3) is 0.357. The third-order valence-corrected chi connectivity index (χ3v) is 2.68. The van der Waals surface area contributed by atoms with Crippen molar-refractivity contribution in [3.8, 4) is 0 Å². The molecule has 0 aliphatic heterocycles. The van der Waals surface area contributed by atoms with Crippen LogP contribution in [0.3, 0.4) is 0 Å². The van der Waals surface area contributed by atoms with Crippen molar-refractivity contribution in [2.45, 2.75) is 19.8 Å². The van der Waals surface area contributed by atoms with Crippen molar-refractivity contribution in [1.82, 2.24) is 15.2 Å². The van der Waals surface area contributed by atoms with Crippen molar-refractivity contribution >= 4 is 11.7 Å². The zero-order valence-corrected chi connectivity index (χ0v) is 11.4. The first-order chi connectivity index (χ1) is 9.79. The van der Waals surface area contributed by atoms with Gasteiger partial charge in [-0.15, -0.1) is 5.10 Å². The third kappa shape index (κ3) is 4.08. The number of para-hydroxylation sites is 1. The van der Waals surface area contributed by atoms with Gasteiger partial charge in [0.15, 0.2) is 0 Å². The van der Waals surface area contributed by atoms with Crippen LogP contribution in [0.25, 0.3) is 0 Å². The molecule has 20 heavy (non-hydrogen) atoms. The highest BCUT2D eigenvalue weighted by Crippen LogP contribution is 2.05. The summed E-state index contributed by atoms with van der Waals surface area (Å²) < 4.78 is 4.83. The first-order valence-electron chi connectivity index (χ1n) is 6.67. The monoisotopic (exact) mass is 274 g/mol. The van der Waals surface area contributed by atoms with Gasteiger partial charge in [0.05, 0.1) is 6.61 Å². The van der Waals surface area contributed by atoms with Crippen molar-refractivity contribution in [3.63, 3.8) is 0 Å². The molecule has 0 saturated heterocycles. The second-order valence-corrected chi connectivity index (χ2v) is 4.22. The predicted octanol–water partition coefficient (Wildman–Crippen LogP) is 2.03. The molecule has 2 rings (SSSR count). The molecule has 1 aromatic heterocycles. The number of hydrogen-bond acceptors (Lipinski definition) is 5. The molecule has 106 valence electrons. The first kappa shape index (κ1) is 14.0. The Kier molecular flexibility index (Phi) is 5.11. The van der Waals surface area contributed by atoms with Gasteiger partial charge in [-0.1, -0.05) is 18.2 Å². The molecule has 6 nitrogen and oxygen atoms in total. The van der Waals surface area contributed by atoms with Crippen molar-refractivity contribution in [2.75, 3.05) is 18.5 Å². The van der Waals surface area contributed by atoms with Crippen LogP contribution in [0.4, 0.5) is 5.69 Å². The van der Waals surface area contributed by atoms with Gasteiger partial charge in [0.1, 0.15) is 5.82 Å². The van der Waals surface area contributed by atoms with E-state index in [1.54, 1.807) is 6.92 Å². The maximum atomic E-state index is 11.4. The minimum Gasteiger partial charge on any atom is -0.460 e. The van der Waals surface area contributed by atoms with E-state index in [0.717, 1.165) is 25.1 Å². The first-order valence-corrected chi connectivity index (χ1v) is 6.67. The van der Waals surface area contributed by atoms with Crippen molar-refractivity contribution in [1.29, 1.82) is 0 Å². The van der Waals surface area contributed by atoms with E-state index < -0.39 is 5.97 Å². The number of benzene rings is 1. The zero-order chi connectivity index (χ0) is 14.2. The van der Waals surface area contributed by atoms with E-state index in [1.807, 2.05) is 30.3 Å². The number of rotatable bonds is 7. The Morgan fingerprint density at radius 2 is 2.15 bits per heavy atom. The summed E-state index contributed by atoms with van der Waals surface area (Å²) in [5.41, 5.74) is 1.09. The molecule has 1 aromatic carbocycles. The number of aromatic nitrogens is 3. The van der Waals surface area contributed by atoms with Gasteiger partial charge in [-0.25, -0.2) is 9.78 Å². The molecular weight excluding hydrogens is 256 g/mol. The molecule has 0 saturated carbocycles. The van der Waals surface area contributed by atoms with E-state index in [1.165, 1.54) is 0 Å². The number of nitrogens with zero attached hydrogens (tertiary/aromatic N) is 2. The minimum atomic E-state index is -0.489. The average Bonchev–Trinajstić information content (AvgIpc) is 2.94. The summed E-state index contributed by atoms with van der Waals surface area (Å²) >= 11 is 0. The number of esters is 1. The quantitative estimate of drug-likeness (QED) is 0.596. The lowest BCUT2D eigenvalue weighted by molar-refractivity contribution is 0.0512. The highest BCUT2D eigenvalue weighted by atomic mass is 16.5. The number of anilines is 1. The van der Waals surface area contributed by atoms with Crippen LogP contribution in [-0.2, 0) is 11.2 Å². The molecule has 6 heteroatoms. The molecule has 0 fully saturated rings. The summed E-state index contributed by atoms with van der Waals surface area (Å²) in [4.78, 5) is 15.5. The second-order valence-electron chi connectivity index (χ2n) is 4.22. The fourth-order valence-electron chi connectivity index (χ4n) is 1.74. The number of carbonyl (C=O) groups excluding carboxylic acids is 1. The zero-order valence-electron chi connectivity index (χ0n) is 11.4. The van der Waals surface area contributed by atoms with Gasteiger partial charge in [-0.05, 0) is 25.5 Å². The summed E-state index contributed by atoms with van der Waals surface area (Å²) in [6, 6.07) is 10.0. The van der Waals surface area contributed by atoms with Gasteiger partial charge < -0.3 is 10.1 Å². The Hall–Kier alpha value is -2.37. The Balaban J connectivity index is 1.73. The molecule has 0 radical (unpaired) electrons. The normalized spacial score (nSPS) is 10.2. The molecule has 0 aliphatic rings. The van der Waals surface area contributed by atoms with E-state index in [0.29, 0.717) is 12.4 Å². The third-order valence-electron chi connectivity index (χ3n) is 2.68. The molecule has 2 aromatic rings. The summed E-state index contributed by atoms with van der Waals surface area (Å²) in [7, 11) is 0. The molecule has 1 heterocycles. The fourth-order valence-corrected chi connectivity index (χ4v) is 1.74. The molecule has 0 aliphatic carbocycles. The molecule has 0 unspecified atom stereocenters. The topological polar surface area (TPSA) is 79.9 Å². The van der Waals surface area contributed by atoms with Crippen LogP contribution in [0.5, 0.6) is 0 Å². The lowest BCUT2D eigenvalue weighted by Gasteiger charge is -2.04. The number of hydrogen-bond donors (Lipinski definition) is 2. The van der Waals surface area contributed by atoms with E-state index in [4.69, 9.17) is 4.74 Å². The Bertz CT molecular complexity index is 539. The SMILES string of the molecule is CCOC(=O)c1n[nH]c(CCCNc2ccccc2)n1. The van der Waals surface area contributed by atoms with Crippen LogP contribution in [0, 0.1) is 0 Å². The second kappa shape index (κ2) is 7.28. The van der Waals surface area contributed by atoms with Gasteiger partial charge in [-0.3, -0.25) is 5.10 Å². The van der Waals surface area contributed by atoms with Crippen LogP contribution < -0.4 is 5.32 Å². The number of nitrogens with one attached hydrogen (secondary N) is 2. The maximum Gasteiger partial charge on any atom is 0.378 e. The molecule has 2 N–H and O–H groups in total.